The van der Waals surface area contributed by atoms with Crippen molar-refractivity contribution in [2.75, 3.05) is 26.2 Å². The molecule has 24 heavy (non-hydrogen) atoms. The maximum absolute atomic E-state index is 12.5. The Morgan fingerprint density at radius 1 is 1.25 bits per heavy atom. The van der Waals surface area contributed by atoms with Crippen LogP contribution in [0.1, 0.15) is 28.7 Å². The first-order valence-electron chi connectivity index (χ1n) is 8.33. The van der Waals surface area contributed by atoms with Crippen molar-refractivity contribution < 1.29 is 4.79 Å². The minimum absolute atomic E-state index is 0.149. The minimum Gasteiger partial charge on any atom is -0.340 e. The predicted molar refractivity (Wildman–Crippen MR) is 96.7 cm³/mol. The topological polar surface area (TPSA) is 62.5 Å². The van der Waals surface area contributed by atoms with E-state index in [-0.39, 0.29) is 11.9 Å². The van der Waals surface area contributed by atoms with Crippen LogP contribution in [-0.4, -0.2) is 46.9 Å². The molecule has 1 aromatic heterocycles. The Hall–Kier alpha value is -1.76. The summed E-state index contributed by atoms with van der Waals surface area (Å²) in [6.45, 7) is 6.22. The van der Waals surface area contributed by atoms with E-state index in [1.165, 1.54) is 0 Å². The second kappa shape index (κ2) is 7.88. The lowest BCUT2D eigenvalue weighted by atomic mass is 10.0. The third kappa shape index (κ3) is 4.41. The molecule has 1 fully saturated rings. The molecule has 1 atom stereocenters. The number of piperazine rings is 1. The third-order valence-corrected chi connectivity index (χ3v) is 5.22. The first-order chi connectivity index (χ1) is 11.6. The molecule has 2 heterocycles. The Balaban J connectivity index is 1.46. The van der Waals surface area contributed by atoms with Gasteiger partial charge in [-0.1, -0.05) is 30.3 Å². The predicted octanol–water partition coefficient (Wildman–Crippen LogP) is 2.19. The van der Waals surface area contributed by atoms with Crippen LogP contribution in [0.5, 0.6) is 0 Å². The number of carbonyl (C=O) groups excluding carboxylic acids is 1. The molecule has 0 aliphatic carbocycles. The fraction of sp³-hybridized carbons (Fsp3) is 0.444. The highest BCUT2D eigenvalue weighted by Gasteiger charge is 2.23. The van der Waals surface area contributed by atoms with Crippen molar-refractivity contribution in [2.24, 2.45) is 5.73 Å². The van der Waals surface area contributed by atoms with Crippen LogP contribution in [-0.2, 0) is 11.3 Å². The summed E-state index contributed by atoms with van der Waals surface area (Å²) in [6.07, 6.45) is 0.370. The first-order valence-corrected chi connectivity index (χ1v) is 9.21. The van der Waals surface area contributed by atoms with Crippen molar-refractivity contribution in [1.29, 1.82) is 0 Å². The van der Waals surface area contributed by atoms with Crippen LogP contribution in [0.25, 0.3) is 0 Å². The first kappa shape index (κ1) is 17.1. The van der Waals surface area contributed by atoms with Crippen molar-refractivity contribution in [3.63, 3.8) is 0 Å². The van der Waals surface area contributed by atoms with Gasteiger partial charge in [-0.15, -0.1) is 11.3 Å². The molecule has 6 heteroatoms. The van der Waals surface area contributed by atoms with Crippen molar-refractivity contribution in [3.8, 4) is 0 Å². The monoisotopic (exact) mass is 344 g/mol. The zero-order valence-electron chi connectivity index (χ0n) is 14.0. The van der Waals surface area contributed by atoms with E-state index in [0.29, 0.717) is 6.42 Å². The van der Waals surface area contributed by atoms with Crippen LogP contribution in [0.4, 0.5) is 0 Å². The third-order valence-electron chi connectivity index (χ3n) is 4.40. The lowest BCUT2D eigenvalue weighted by Gasteiger charge is -2.34. The molecule has 0 radical (unpaired) electrons. The summed E-state index contributed by atoms with van der Waals surface area (Å²) in [7, 11) is 0. The van der Waals surface area contributed by atoms with E-state index in [9.17, 15) is 4.79 Å². The number of nitrogens with zero attached hydrogens (tertiary/aromatic N) is 3. The van der Waals surface area contributed by atoms with Gasteiger partial charge in [0, 0.05) is 50.6 Å². The molecule has 1 amide bonds. The van der Waals surface area contributed by atoms with Gasteiger partial charge in [-0.3, -0.25) is 9.69 Å². The quantitative estimate of drug-likeness (QED) is 0.903. The van der Waals surface area contributed by atoms with Gasteiger partial charge in [-0.25, -0.2) is 4.98 Å². The largest absolute Gasteiger partial charge is 0.340 e. The number of hydrogen-bond donors (Lipinski definition) is 1. The number of rotatable bonds is 5. The molecule has 0 saturated carbocycles. The van der Waals surface area contributed by atoms with Crippen LogP contribution < -0.4 is 5.73 Å². The van der Waals surface area contributed by atoms with Crippen LogP contribution in [0, 0.1) is 6.92 Å². The Morgan fingerprint density at radius 2 is 1.96 bits per heavy atom. The van der Waals surface area contributed by atoms with Crippen molar-refractivity contribution >= 4 is 17.2 Å². The second-order valence-corrected chi connectivity index (χ2v) is 7.30. The summed E-state index contributed by atoms with van der Waals surface area (Å²) >= 11 is 1.69. The molecule has 1 aliphatic heterocycles. The number of aromatic nitrogens is 1. The summed E-state index contributed by atoms with van der Waals surface area (Å²) in [4.78, 5) is 21.3. The highest BCUT2D eigenvalue weighted by atomic mass is 32.1. The molecule has 5 nitrogen and oxygen atoms in total. The average Bonchev–Trinajstić information content (AvgIpc) is 3.01. The molecular weight excluding hydrogens is 320 g/mol. The van der Waals surface area contributed by atoms with Gasteiger partial charge in [0.15, 0.2) is 0 Å². The maximum Gasteiger partial charge on any atom is 0.224 e. The second-order valence-electron chi connectivity index (χ2n) is 6.24. The fourth-order valence-corrected chi connectivity index (χ4v) is 3.60. The summed E-state index contributed by atoms with van der Waals surface area (Å²) in [6, 6.07) is 9.60. The molecule has 0 bridgehead atoms. The van der Waals surface area contributed by atoms with Gasteiger partial charge in [0.25, 0.3) is 0 Å². The Morgan fingerprint density at radius 3 is 2.58 bits per heavy atom. The van der Waals surface area contributed by atoms with E-state index in [4.69, 9.17) is 5.73 Å². The van der Waals surface area contributed by atoms with E-state index < -0.39 is 0 Å². The zero-order valence-corrected chi connectivity index (χ0v) is 14.8. The number of carbonyl (C=O) groups is 1. The fourth-order valence-electron chi connectivity index (χ4n) is 3.00. The molecule has 1 saturated heterocycles. The van der Waals surface area contributed by atoms with E-state index >= 15 is 0 Å². The van der Waals surface area contributed by atoms with Gasteiger partial charge < -0.3 is 10.6 Å². The molecular formula is C18H24N4OS. The number of amides is 1. The number of nitrogens with two attached hydrogens (primary N) is 1. The molecule has 1 aliphatic rings. The molecule has 2 N–H and O–H groups in total. The average molecular weight is 344 g/mol. The number of benzene rings is 1. The standard InChI is InChI=1S/C18H24N4OS/c1-14-20-16(13-24-14)12-21-7-9-22(10-8-21)18(23)11-17(19)15-5-3-2-4-6-15/h2-6,13,17H,7-12,19H2,1H3. The molecule has 128 valence electrons. The summed E-state index contributed by atoms with van der Waals surface area (Å²) in [5, 5.41) is 3.22. The van der Waals surface area contributed by atoms with Crippen molar-refractivity contribution in [2.45, 2.75) is 25.9 Å². The van der Waals surface area contributed by atoms with Crippen LogP contribution in [0.3, 0.4) is 0 Å². The van der Waals surface area contributed by atoms with Gasteiger partial charge >= 0.3 is 0 Å². The van der Waals surface area contributed by atoms with Crippen molar-refractivity contribution in [1.82, 2.24) is 14.8 Å². The van der Waals surface area contributed by atoms with E-state index in [0.717, 1.165) is 49.0 Å². The number of aryl methyl sites for hydroxylation is 1. The molecule has 2 aromatic rings. The van der Waals surface area contributed by atoms with Crippen LogP contribution in [0.2, 0.25) is 0 Å². The smallest absolute Gasteiger partial charge is 0.224 e. The van der Waals surface area contributed by atoms with Gasteiger partial charge in [-0.05, 0) is 12.5 Å². The van der Waals surface area contributed by atoms with Gasteiger partial charge in [-0.2, -0.15) is 0 Å². The van der Waals surface area contributed by atoms with Gasteiger partial charge in [0.1, 0.15) is 0 Å². The highest BCUT2D eigenvalue weighted by Crippen LogP contribution is 2.16. The van der Waals surface area contributed by atoms with E-state index in [1.54, 1.807) is 11.3 Å². The van der Waals surface area contributed by atoms with Crippen LogP contribution >= 0.6 is 11.3 Å². The lowest BCUT2D eigenvalue weighted by Crippen LogP contribution is -2.48. The summed E-state index contributed by atoms with van der Waals surface area (Å²) < 4.78 is 0. The van der Waals surface area contributed by atoms with Gasteiger partial charge in [0.2, 0.25) is 5.91 Å². The van der Waals surface area contributed by atoms with Gasteiger partial charge in [0.05, 0.1) is 10.7 Å². The Bertz CT molecular complexity index is 665. The van der Waals surface area contributed by atoms with Crippen LogP contribution in [0.15, 0.2) is 35.7 Å². The minimum atomic E-state index is -0.227. The molecule has 1 aromatic carbocycles. The molecule has 0 spiro atoms. The zero-order chi connectivity index (χ0) is 16.9. The Labute approximate surface area is 147 Å². The maximum atomic E-state index is 12.5. The summed E-state index contributed by atoms with van der Waals surface area (Å²) in [5.41, 5.74) is 8.31. The van der Waals surface area contributed by atoms with E-state index in [2.05, 4.69) is 15.3 Å². The number of thiazole rings is 1. The lowest BCUT2D eigenvalue weighted by molar-refractivity contribution is -0.133. The number of hydrogen-bond acceptors (Lipinski definition) is 5. The molecule has 3 rings (SSSR count). The summed E-state index contributed by atoms with van der Waals surface area (Å²) in [5.74, 6) is 0.149. The molecule has 1 unspecified atom stereocenters. The van der Waals surface area contributed by atoms with Crippen molar-refractivity contribution in [3.05, 3.63) is 52.0 Å². The normalized spacial score (nSPS) is 17.0. The Kier molecular flexibility index (Phi) is 5.60. The SMILES string of the molecule is Cc1nc(CN2CCN(C(=O)CC(N)c3ccccc3)CC2)cs1. The highest BCUT2D eigenvalue weighted by molar-refractivity contribution is 7.09. The van der Waals surface area contributed by atoms with E-state index in [1.807, 2.05) is 42.2 Å².